The van der Waals surface area contributed by atoms with E-state index in [1.165, 1.54) is 0 Å². The van der Waals surface area contributed by atoms with Crippen LogP contribution in [0.5, 0.6) is 0 Å². The minimum atomic E-state index is -3.35. The number of sulfone groups is 1. The second-order valence-corrected chi connectivity index (χ2v) is 4.03. The van der Waals surface area contributed by atoms with Gasteiger partial charge in [-0.25, -0.2) is 18.4 Å². The van der Waals surface area contributed by atoms with E-state index in [1.807, 2.05) is 0 Å². The molecule has 0 amide bonds. The summed E-state index contributed by atoms with van der Waals surface area (Å²) in [5.74, 6) is 0.0421. The Morgan fingerprint density at radius 2 is 2.00 bits per heavy atom. The largest absolute Gasteiger partial charge is 0.381 e. The number of hydrogen-bond acceptors (Lipinski definition) is 5. The van der Waals surface area contributed by atoms with Crippen LogP contribution in [0.25, 0.3) is 0 Å². The van der Waals surface area contributed by atoms with Crippen molar-refractivity contribution in [1.29, 1.82) is 0 Å². The molecule has 60 valence electrons. The Balaban J connectivity index is 3.23. The zero-order valence-corrected chi connectivity index (χ0v) is 6.72. The van der Waals surface area contributed by atoms with E-state index in [0.717, 1.165) is 6.26 Å². The minimum Gasteiger partial charge on any atom is -0.381 e. The fourth-order valence-corrected chi connectivity index (χ4v) is 1.36. The van der Waals surface area contributed by atoms with E-state index in [9.17, 15) is 8.42 Å². The molecule has 0 fully saturated rings. The predicted molar refractivity (Wildman–Crippen MR) is 43.0 cm³/mol. The van der Waals surface area contributed by atoms with Gasteiger partial charge in [-0.15, -0.1) is 0 Å². The first-order chi connectivity index (χ1) is 4.91. The highest BCUT2D eigenvalue weighted by Crippen LogP contribution is 2.07. The van der Waals surface area contributed by atoms with Gasteiger partial charge in [0.2, 0.25) is 0 Å². The van der Waals surface area contributed by atoms with E-state index in [0.29, 0.717) is 0 Å². The van der Waals surface area contributed by atoms with Crippen molar-refractivity contribution in [2.75, 3.05) is 6.26 Å². The summed E-state index contributed by atoms with van der Waals surface area (Å²) in [6.07, 6.45) is 1.02. The lowest BCUT2D eigenvalue weighted by molar-refractivity contribution is 0.613. The second-order valence-electron chi connectivity index (χ2n) is 2.10. The van der Waals surface area contributed by atoms with Gasteiger partial charge in [-0.05, 0) is 0 Å². The summed E-state index contributed by atoms with van der Waals surface area (Å²) in [6, 6.07) is 0. The van der Waals surface area contributed by atoms with Gasteiger partial charge in [-0.1, -0.05) is 6.58 Å². The Morgan fingerprint density at radius 3 is 2.18 bits per heavy atom. The first-order valence-corrected chi connectivity index (χ1v) is 4.62. The van der Waals surface area contributed by atoms with Gasteiger partial charge in [0.15, 0.2) is 20.7 Å². The van der Waals surface area contributed by atoms with Crippen LogP contribution in [-0.2, 0) is 9.84 Å². The quantitative estimate of drug-likeness (QED) is 0.524. The zero-order chi connectivity index (χ0) is 8.65. The molecule has 0 radical (unpaired) electrons. The molecule has 1 rings (SSSR count). The number of nitrogens with two attached hydrogens (primary N) is 1. The molecule has 0 aromatic rings. The minimum absolute atomic E-state index is 0.0856. The van der Waals surface area contributed by atoms with Gasteiger partial charge in [0, 0.05) is 6.26 Å². The van der Waals surface area contributed by atoms with Gasteiger partial charge in [0.1, 0.15) is 5.82 Å². The summed E-state index contributed by atoms with van der Waals surface area (Å²) >= 11 is 0. The van der Waals surface area contributed by atoms with E-state index >= 15 is 0 Å². The normalized spacial score (nSPS) is 18.1. The summed E-state index contributed by atoms with van der Waals surface area (Å²) in [5, 5.41) is -0.192. The molecule has 0 unspecified atom stereocenters. The molecular weight excluding hydrogens is 166 g/mol. The van der Waals surface area contributed by atoms with Gasteiger partial charge in [0.25, 0.3) is 0 Å². The maximum Gasteiger partial charge on any atom is 0.199 e. The maximum absolute atomic E-state index is 10.9. The smallest absolute Gasteiger partial charge is 0.199 e. The fraction of sp³-hybridized carbons (Fsp3) is 0.200. The Labute approximate surface area is 64.3 Å². The van der Waals surface area contributed by atoms with E-state index in [1.54, 1.807) is 0 Å². The van der Waals surface area contributed by atoms with Crippen LogP contribution in [0.1, 0.15) is 0 Å². The average molecular weight is 173 g/mol. The third-order valence-corrected chi connectivity index (χ3v) is 2.05. The number of nitrogens with zero attached hydrogens (tertiary/aromatic N) is 2. The van der Waals surface area contributed by atoms with Crippen molar-refractivity contribution in [3.63, 3.8) is 0 Å². The molecule has 1 heterocycles. The second kappa shape index (κ2) is 2.16. The molecule has 6 heteroatoms. The van der Waals surface area contributed by atoms with Gasteiger partial charge in [-0.2, -0.15) is 0 Å². The molecule has 0 spiro atoms. The van der Waals surface area contributed by atoms with Crippen LogP contribution in [0.15, 0.2) is 22.4 Å². The van der Waals surface area contributed by atoms with Crippen LogP contribution < -0.4 is 5.73 Å². The number of rotatable bonds is 0. The van der Waals surface area contributed by atoms with Crippen LogP contribution >= 0.6 is 0 Å². The molecule has 5 nitrogen and oxygen atoms in total. The van der Waals surface area contributed by atoms with Crippen molar-refractivity contribution < 1.29 is 8.42 Å². The Morgan fingerprint density at radius 1 is 1.45 bits per heavy atom. The predicted octanol–water partition coefficient (Wildman–Crippen LogP) is -0.728. The zero-order valence-electron chi connectivity index (χ0n) is 5.90. The van der Waals surface area contributed by atoms with Crippen LogP contribution in [0.2, 0.25) is 0 Å². The standard InChI is InChI=1S/C5H7N3O2S/c1-3-7-4(6)5(8-3)11(2,9)10/h1H2,2H3,(H2,6,7). The summed E-state index contributed by atoms with van der Waals surface area (Å²) < 4.78 is 21.7. The summed E-state index contributed by atoms with van der Waals surface area (Å²) in [4.78, 5) is 7.10. The molecule has 0 aromatic carbocycles. The van der Waals surface area contributed by atoms with Crippen LogP contribution in [0.3, 0.4) is 0 Å². The maximum atomic E-state index is 10.9. The molecule has 0 saturated heterocycles. The highest BCUT2D eigenvalue weighted by molar-refractivity contribution is 8.07. The molecule has 11 heavy (non-hydrogen) atoms. The molecule has 1 aliphatic rings. The molecule has 1 aliphatic heterocycles. The van der Waals surface area contributed by atoms with E-state index in [4.69, 9.17) is 5.73 Å². The van der Waals surface area contributed by atoms with Gasteiger partial charge < -0.3 is 5.73 Å². The first-order valence-electron chi connectivity index (χ1n) is 2.73. The van der Waals surface area contributed by atoms with E-state index in [2.05, 4.69) is 16.6 Å². The number of amidine groups is 1. The monoisotopic (exact) mass is 173 g/mol. The number of hydrogen-bond donors (Lipinski definition) is 1. The lowest BCUT2D eigenvalue weighted by Crippen LogP contribution is -2.27. The lowest BCUT2D eigenvalue weighted by Gasteiger charge is -1.93. The average Bonchev–Trinajstić information content (AvgIpc) is 2.08. The van der Waals surface area contributed by atoms with Crippen LogP contribution in [0, 0.1) is 0 Å². The van der Waals surface area contributed by atoms with Crippen molar-refractivity contribution >= 4 is 20.7 Å². The lowest BCUT2D eigenvalue weighted by atomic mass is 10.7. The van der Waals surface area contributed by atoms with E-state index in [-0.39, 0.29) is 16.7 Å². The Bertz CT molecular complexity index is 363. The summed E-state index contributed by atoms with van der Waals surface area (Å²) in [6.45, 7) is 3.35. The SMILES string of the molecule is C=C1N=C(N)C(S(C)(=O)=O)=N1. The topological polar surface area (TPSA) is 84.9 Å². The molecular formula is C5H7N3O2S. The summed E-state index contributed by atoms with van der Waals surface area (Å²) in [7, 11) is -3.35. The first kappa shape index (κ1) is 7.93. The molecule has 0 bridgehead atoms. The molecule has 2 N–H and O–H groups in total. The van der Waals surface area contributed by atoms with E-state index < -0.39 is 9.84 Å². The highest BCUT2D eigenvalue weighted by atomic mass is 32.2. The number of aliphatic imine (C=N–C) groups is 2. The molecule has 0 aliphatic carbocycles. The summed E-state index contributed by atoms with van der Waals surface area (Å²) in [5.41, 5.74) is 5.23. The van der Waals surface area contributed by atoms with Crippen molar-refractivity contribution in [3.8, 4) is 0 Å². The Kier molecular flexibility index (Phi) is 1.56. The third-order valence-electron chi connectivity index (χ3n) is 1.05. The highest BCUT2D eigenvalue weighted by Gasteiger charge is 2.22. The molecule has 0 atom stereocenters. The Hall–Kier alpha value is -1.17. The fourth-order valence-electron chi connectivity index (χ4n) is 0.659. The van der Waals surface area contributed by atoms with Gasteiger partial charge in [-0.3, -0.25) is 0 Å². The van der Waals surface area contributed by atoms with Gasteiger partial charge >= 0.3 is 0 Å². The molecule has 0 aromatic heterocycles. The van der Waals surface area contributed by atoms with Gasteiger partial charge in [0.05, 0.1) is 0 Å². The van der Waals surface area contributed by atoms with Crippen LogP contribution in [-0.4, -0.2) is 25.6 Å². The van der Waals surface area contributed by atoms with Crippen molar-refractivity contribution in [2.24, 2.45) is 15.7 Å². The third kappa shape index (κ3) is 1.45. The van der Waals surface area contributed by atoms with Crippen molar-refractivity contribution in [3.05, 3.63) is 12.4 Å². The van der Waals surface area contributed by atoms with Crippen LogP contribution in [0.4, 0.5) is 0 Å². The van der Waals surface area contributed by atoms with Crippen molar-refractivity contribution in [1.82, 2.24) is 0 Å². The molecule has 0 saturated carbocycles. The van der Waals surface area contributed by atoms with Crippen molar-refractivity contribution in [2.45, 2.75) is 0 Å².